The topological polar surface area (TPSA) is 52.7 Å². The number of β-amino-alcohol motifs (C(OH)–C–C–N with tert-alkyl or cyclic N) is 1. The average Bonchev–Trinajstić information content (AvgIpc) is 2.45. The van der Waals surface area contributed by atoms with E-state index in [4.69, 9.17) is 5.73 Å². The zero-order valence-electron chi connectivity index (χ0n) is 13.5. The number of rotatable bonds is 5. The summed E-state index contributed by atoms with van der Waals surface area (Å²) >= 11 is 0. The molecule has 1 fully saturated rings. The van der Waals surface area contributed by atoms with Gasteiger partial charge in [-0.05, 0) is 31.9 Å². The molecule has 0 spiro atoms. The van der Waals surface area contributed by atoms with Gasteiger partial charge in [0.15, 0.2) is 0 Å². The minimum Gasteiger partial charge on any atom is -0.389 e. The summed E-state index contributed by atoms with van der Waals surface area (Å²) in [6, 6.07) is 8.59. The molecule has 1 saturated heterocycles. The molecule has 1 heterocycles. The lowest BCUT2D eigenvalue weighted by atomic mass is 10.0. The normalized spacial score (nSPS) is 18.8. The minimum absolute atomic E-state index is 0.107. The van der Waals surface area contributed by atoms with Crippen LogP contribution < -0.4 is 10.6 Å². The van der Waals surface area contributed by atoms with Gasteiger partial charge >= 0.3 is 0 Å². The first-order valence-electron chi connectivity index (χ1n) is 7.95. The second kappa shape index (κ2) is 6.77. The minimum atomic E-state index is -0.620. The largest absolute Gasteiger partial charge is 0.389 e. The van der Waals surface area contributed by atoms with Gasteiger partial charge in [-0.25, -0.2) is 0 Å². The molecule has 1 atom stereocenters. The summed E-state index contributed by atoms with van der Waals surface area (Å²) in [6.07, 6.45) is 0.954. The Morgan fingerprint density at radius 3 is 2.38 bits per heavy atom. The fourth-order valence-electron chi connectivity index (χ4n) is 3.00. The third-order valence-corrected chi connectivity index (χ3v) is 4.10. The molecule has 0 radical (unpaired) electrons. The Hall–Kier alpha value is -1.10. The summed E-state index contributed by atoms with van der Waals surface area (Å²) in [6.45, 7) is 10.6. The second-order valence-corrected chi connectivity index (χ2v) is 6.65. The Labute approximate surface area is 128 Å². The molecule has 1 aromatic carbocycles. The van der Waals surface area contributed by atoms with Crippen molar-refractivity contribution in [3.8, 4) is 0 Å². The lowest BCUT2D eigenvalue weighted by molar-refractivity contribution is 0.0345. The molecule has 1 aliphatic rings. The SMILES string of the molecule is CC[C@H](N)c1ccccc1N1CCN(CC(C)(C)O)CC1. The van der Waals surface area contributed by atoms with Crippen molar-refractivity contribution in [2.45, 2.75) is 38.8 Å². The van der Waals surface area contributed by atoms with E-state index in [2.05, 4.69) is 41.0 Å². The van der Waals surface area contributed by atoms with Crippen LogP contribution in [0, 0.1) is 0 Å². The molecule has 0 aromatic heterocycles. The Morgan fingerprint density at radius 2 is 1.81 bits per heavy atom. The van der Waals surface area contributed by atoms with Gasteiger partial charge < -0.3 is 15.7 Å². The van der Waals surface area contributed by atoms with E-state index < -0.39 is 5.60 Å². The van der Waals surface area contributed by atoms with Gasteiger partial charge in [-0.2, -0.15) is 0 Å². The highest BCUT2D eigenvalue weighted by atomic mass is 16.3. The number of hydrogen-bond donors (Lipinski definition) is 2. The molecule has 4 heteroatoms. The van der Waals surface area contributed by atoms with Gasteiger partial charge in [0, 0.05) is 44.5 Å². The predicted molar refractivity (Wildman–Crippen MR) is 88.6 cm³/mol. The summed E-state index contributed by atoms with van der Waals surface area (Å²) in [7, 11) is 0. The van der Waals surface area contributed by atoms with Gasteiger partial charge in [-0.15, -0.1) is 0 Å². The van der Waals surface area contributed by atoms with Crippen LogP contribution in [-0.4, -0.2) is 48.3 Å². The van der Waals surface area contributed by atoms with Crippen LogP contribution in [0.2, 0.25) is 0 Å². The molecule has 2 rings (SSSR count). The molecular weight excluding hydrogens is 262 g/mol. The standard InChI is InChI=1S/C17H29N3O/c1-4-15(18)14-7-5-6-8-16(14)20-11-9-19(10-12-20)13-17(2,3)21/h5-8,15,21H,4,9-13,18H2,1-3H3/t15-/m0/s1. The summed E-state index contributed by atoms with van der Waals surface area (Å²) in [5.74, 6) is 0. The molecule has 0 bridgehead atoms. The zero-order valence-corrected chi connectivity index (χ0v) is 13.5. The van der Waals surface area contributed by atoms with E-state index in [-0.39, 0.29) is 6.04 Å². The van der Waals surface area contributed by atoms with Crippen LogP contribution in [0.3, 0.4) is 0 Å². The summed E-state index contributed by atoms with van der Waals surface area (Å²) in [4.78, 5) is 4.75. The van der Waals surface area contributed by atoms with E-state index >= 15 is 0 Å². The van der Waals surface area contributed by atoms with Crippen LogP contribution in [-0.2, 0) is 0 Å². The van der Waals surface area contributed by atoms with E-state index in [1.54, 1.807) is 0 Å². The highest BCUT2D eigenvalue weighted by Gasteiger charge is 2.24. The monoisotopic (exact) mass is 291 g/mol. The van der Waals surface area contributed by atoms with Crippen LogP contribution in [0.5, 0.6) is 0 Å². The zero-order chi connectivity index (χ0) is 15.5. The summed E-state index contributed by atoms with van der Waals surface area (Å²) < 4.78 is 0. The van der Waals surface area contributed by atoms with Gasteiger partial charge in [-0.1, -0.05) is 25.1 Å². The van der Waals surface area contributed by atoms with Crippen molar-refractivity contribution in [2.75, 3.05) is 37.6 Å². The highest BCUT2D eigenvalue weighted by Crippen LogP contribution is 2.27. The van der Waals surface area contributed by atoms with Crippen molar-refractivity contribution in [2.24, 2.45) is 5.73 Å². The van der Waals surface area contributed by atoms with E-state index in [0.717, 1.165) is 39.1 Å². The molecule has 118 valence electrons. The van der Waals surface area contributed by atoms with Crippen molar-refractivity contribution in [1.29, 1.82) is 0 Å². The number of aliphatic hydroxyl groups is 1. The fourth-order valence-corrected chi connectivity index (χ4v) is 3.00. The maximum atomic E-state index is 9.93. The summed E-state index contributed by atoms with van der Waals surface area (Å²) in [5.41, 5.74) is 8.14. The molecule has 21 heavy (non-hydrogen) atoms. The molecule has 1 aliphatic heterocycles. The number of benzene rings is 1. The molecule has 0 amide bonds. The third kappa shape index (κ3) is 4.43. The van der Waals surface area contributed by atoms with Gasteiger partial charge in [0.25, 0.3) is 0 Å². The maximum absolute atomic E-state index is 9.93. The lowest BCUT2D eigenvalue weighted by Crippen LogP contribution is -2.50. The Balaban J connectivity index is 2.03. The van der Waals surface area contributed by atoms with Crippen LogP contribution in [0.4, 0.5) is 5.69 Å². The number of anilines is 1. The van der Waals surface area contributed by atoms with Crippen LogP contribution in [0.1, 0.15) is 38.8 Å². The smallest absolute Gasteiger partial charge is 0.0718 e. The third-order valence-electron chi connectivity index (χ3n) is 4.10. The Morgan fingerprint density at radius 1 is 1.19 bits per heavy atom. The van der Waals surface area contributed by atoms with Gasteiger partial charge in [-0.3, -0.25) is 4.90 Å². The van der Waals surface area contributed by atoms with Crippen LogP contribution >= 0.6 is 0 Å². The predicted octanol–water partition coefficient (Wildman–Crippen LogP) is 1.99. The number of nitrogens with two attached hydrogens (primary N) is 1. The maximum Gasteiger partial charge on any atom is 0.0718 e. The second-order valence-electron chi connectivity index (χ2n) is 6.65. The van der Waals surface area contributed by atoms with Crippen LogP contribution in [0.25, 0.3) is 0 Å². The first-order chi connectivity index (χ1) is 9.90. The Kier molecular flexibility index (Phi) is 5.25. The molecular formula is C17H29N3O. The van der Waals surface area contributed by atoms with Crippen molar-refractivity contribution in [1.82, 2.24) is 4.90 Å². The van der Waals surface area contributed by atoms with Crippen molar-refractivity contribution in [3.05, 3.63) is 29.8 Å². The number of piperazine rings is 1. The molecule has 1 aromatic rings. The molecule has 0 saturated carbocycles. The van der Waals surface area contributed by atoms with Crippen LogP contribution in [0.15, 0.2) is 24.3 Å². The molecule has 0 unspecified atom stereocenters. The van der Waals surface area contributed by atoms with Crippen molar-refractivity contribution >= 4 is 5.69 Å². The fraction of sp³-hybridized carbons (Fsp3) is 0.647. The highest BCUT2D eigenvalue weighted by molar-refractivity contribution is 5.55. The van der Waals surface area contributed by atoms with Crippen molar-refractivity contribution in [3.63, 3.8) is 0 Å². The first-order valence-corrected chi connectivity index (χ1v) is 7.95. The first kappa shape index (κ1) is 16.3. The summed E-state index contributed by atoms with van der Waals surface area (Å²) in [5, 5.41) is 9.93. The van der Waals surface area contributed by atoms with E-state index in [9.17, 15) is 5.11 Å². The van der Waals surface area contributed by atoms with Gasteiger partial charge in [0.2, 0.25) is 0 Å². The van der Waals surface area contributed by atoms with Gasteiger partial charge in [0.1, 0.15) is 0 Å². The number of nitrogens with zero attached hydrogens (tertiary/aromatic N) is 2. The van der Waals surface area contributed by atoms with Crippen molar-refractivity contribution < 1.29 is 5.11 Å². The number of para-hydroxylation sites is 1. The van der Waals surface area contributed by atoms with E-state index in [1.807, 2.05) is 13.8 Å². The average molecular weight is 291 g/mol. The van der Waals surface area contributed by atoms with Gasteiger partial charge in [0.05, 0.1) is 5.60 Å². The van der Waals surface area contributed by atoms with E-state index in [1.165, 1.54) is 11.3 Å². The van der Waals surface area contributed by atoms with E-state index in [0.29, 0.717) is 0 Å². The Bertz CT molecular complexity index is 448. The quantitative estimate of drug-likeness (QED) is 0.871. The molecule has 4 nitrogen and oxygen atoms in total. The lowest BCUT2D eigenvalue weighted by Gasteiger charge is -2.39. The molecule has 3 N–H and O–H groups in total. The molecule has 0 aliphatic carbocycles. The number of hydrogen-bond acceptors (Lipinski definition) is 4.